The SMILES string of the molecule is CCNC(c1cc(F)ccc1OC)C1CCSC1. The number of hydrogen-bond acceptors (Lipinski definition) is 3. The monoisotopic (exact) mass is 269 g/mol. The van der Waals surface area contributed by atoms with E-state index < -0.39 is 0 Å². The molecule has 0 amide bonds. The maximum atomic E-state index is 13.5. The van der Waals surface area contributed by atoms with Crippen molar-refractivity contribution in [3.05, 3.63) is 29.6 Å². The minimum Gasteiger partial charge on any atom is -0.496 e. The second-order valence-corrected chi connectivity index (χ2v) is 5.70. The van der Waals surface area contributed by atoms with Crippen molar-refractivity contribution < 1.29 is 9.13 Å². The van der Waals surface area contributed by atoms with Crippen LogP contribution in [0.15, 0.2) is 18.2 Å². The van der Waals surface area contributed by atoms with Crippen LogP contribution in [-0.2, 0) is 0 Å². The van der Waals surface area contributed by atoms with Gasteiger partial charge in [0.05, 0.1) is 7.11 Å². The first kappa shape index (κ1) is 13.7. The minimum atomic E-state index is -0.195. The summed E-state index contributed by atoms with van der Waals surface area (Å²) in [5.41, 5.74) is 0.951. The Morgan fingerprint density at radius 2 is 2.39 bits per heavy atom. The molecule has 1 aromatic carbocycles. The molecule has 0 bridgehead atoms. The van der Waals surface area contributed by atoms with Crippen LogP contribution in [-0.4, -0.2) is 25.2 Å². The normalized spacial score (nSPS) is 20.9. The fraction of sp³-hybridized carbons (Fsp3) is 0.571. The van der Waals surface area contributed by atoms with Gasteiger partial charge in [-0.3, -0.25) is 0 Å². The van der Waals surface area contributed by atoms with Gasteiger partial charge < -0.3 is 10.1 Å². The van der Waals surface area contributed by atoms with Crippen molar-refractivity contribution in [2.24, 2.45) is 5.92 Å². The molecule has 0 aliphatic carbocycles. The number of halogens is 1. The molecular formula is C14H20FNOS. The highest BCUT2D eigenvalue weighted by atomic mass is 32.2. The molecular weight excluding hydrogens is 249 g/mol. The van der Waals surface area contributed by atoms with E-state index in [1.807, 2.05) is 11.8 Å². The third kappa shape index (κ3) is 2.98. The number of benzene rings is 1. The summed E-state index contributed by atoms with van der Waals surface area (Å²) in [4.78, 5) is 0. The van der Waals surface area contributed by atoms with E-state index in [1.54, 1.807) is 19.2 Å². The predicted molar refractivity (Wildman–Crippen MR) is 74.8 cm³/mol. The van der Waals surface area contributed by atoms with Crippen molar-refractivity contribution in [1.82, 2.24) is 5.32 Å². The third-order valence-corrected chi connectivity index (χ3v) is 4.58. The van der Waals surface area contributed by atoms with Gasteiger partial charge in [-0.25, -0.2) is 4.39 Å². The largest absolute Gasteiger partial charge is 0.496 e. The van der Waals surface area contributed by atoms with Gasteiger partial charge in [0, 0.05) is 11.6 Å². The van der Waals surface area contributed by atoms with E-state index >= 15 is 0 Å². The molecule has 1 aliphatic rings. The van der Waals surface area contributed by atoms with Crippen molar-refractivity contribution in [2.45, 2.75) is 19.4 Å². The Hall–Kier alpha value is -0.740. The van der Waals surface area contributed by atoms with Crippen LogP contribution in [0.3, 0.4) is 0 Å². The molecule has 2 rings (SSSR count). The first-order valence-electron chi connectivity index (χ1n) is 6.40. The first-order valence-corrected chi connectivity index (χ1v) is 7.56. The summed E-state index contributed by atoms with van der Waals surface area (Å²) < 4.78 is 18.9. The second kappa shape index (κ2) is 6.43. The quantitative estimate of drug-likeness (QED) is 0.886. The van der Waals surface area contributed by atoms with Gasteiger partial charge in [0.2, 0.25) is 0 Å². The molecule has 1 fully saturated rings. The van der Waals surface area contributed by atoms with Gasteiger partial charge in [-0.15, -0.1) is 0 Å². The van der Waals surface area contributed by atoms with E-state index in [9.17, 15) is 4.39 Å². The lowest BCUT2D eigenvalue weighted by Gasteiger charge is -2.26. The van der Waals surface area contributed by atoms with Crippen molar-refractivity contribution in [1.29, 1.82) is 0 Å². The molecule has 2 nitrogen and oxygen atoms in total. The highest BCUT2D eigenvalue weighted by Crippen LogP contribution is 2.37. The van der Waals surface area contributed by atoms with Gasteiger partial charge in [-0.1, -0.05) is 6.92 Å². The number of nitrogens with one attached hydrogen (secondary N) is 1. The van der Waals surface area contributed by atoms with Crippen LogP contribution < -0.4 is 10.1 Å². The van der Waals surface area contributed by atoms with Crippen LogP contribution in [0, 0.1) is 11.7 Å². The number of hydrogen-bond donors (Lipinski definition) is 1. The Balaban J connectivity index is 2.31. The zero-order valence-electron chi connectivity index (χ0n) is 10.9. The lowest BCUT2D eigenvalue weighted by atomic mass is 9.91. The van der Waals surface area contributed by atoms with Crippen molar-refractivity contribution >= 4 is 11.8 Å². The molecule has 2 unspecified atom stereocenters. The Labute approximate surface area is 112 Å². The van der Waals surface area contributed by atoms with Gasteiger partial charge in [0.25, 0.3) is 0 Å². The summed E-state index contributed by atoms with van der Waals surface area (Å²) in [6.45, 7) is 2.96. The molecule has 1 N–H and O–H groups in total. The van der Waals surface area contributed by atoms with E-state index in [4.69, 9.17) is 4.74 Å². The van der Waals surface area contributed by atoms with Crippen LogP contribution in [0.5, 0.6) is 5.75 Å². The second-order valence-electron chi connectivity index (χ2n) is 4.55. The average Bonchev–Trinajstić information content (AvgIpc) is 2.89. The van der Waals surface area contributed by atoms with Gasteiger partial charge in [-0.05, 0) is 48.6 Å². The molecule has 1 heterocycles. The van der Waals surface area contributed by atoms with E-state index in [2.05, 4.69) is 12.2 Å². The highest BCUT2D eigenvalue weighted by molar-refractivity contribution is 7.99. The summed E-state index contributed by atoms with van der Waals surface area (Å²) in [5, 5.41) is 3.48. The molecule has 0 saturated carbocycles. The number of rotatable bonds is 5. The number of methoxy groups -OCH3 is 1. The van der Waals surface area contributed by atoms with Crippen LogP contribution in [0.2, 0.25) is 0 Å². The summed E-state index contributed by atoms with van der Waals surface area (Å²) in [6, 6.07) is 4.97. The fourth-order valence-electron chi connectivity index (χ4n) is 2.51. The van der Waals surface area contributed by atoms with Crippen molar-refractivity contribution in [2.75, 3.05) is 25.2 Å². The van der Waals surface area contributed by atoms with E-state index in [-0.39, 0.29) is 11.9 Å². The van der Waals surface area contributed by atoms with Crippen molar-refractivity contribution in [3.63, 3.8) is 0 Å². The lowest BCUT2D eigenvalue weighted by Crippen LogP contribution is -2.28. The maximum absolute atomic E-state index is 13.5. The molecule has 0 spiro atoms. The zero-order valence-corrected chi connectivity index (χ0v) is 11.7. The maximum Gasteiger partial charge on any atom is 0.123 e. The standard InChI is InChI=1S/C14H20FNOS/c1-3-16-14(10-6-7-18-9-10)12-8-11(15)4-5-13(12)17-2/h4-5,8,10,14,16H,3,6-7,9H2,1-2H3. The van der Waals surface area contributed by atoms with Gasteiger partial charge in [-0.2, -0.15) is 11.8 Å². The van der Waals surface area contributed by atoms with Gasteiger partial charge >= 0.3 is 0 Å². The molecule has 0 radical (unpaired) electrons. The summed E-state index contributed by atoms with van der Waals surface area (Å²) in [5.74, 6) is 3.48. The predicted octanol–water partition coefficient (Wildman–Crippen LogP) is 3.24. The Kier molecular flexibility index (Phi) is 4.89. The molecule has 2 atom stereocenters. The van der Waals surface area contributed by atoms with E-state index in [0.29, 0.717) is 5.92 Å². The highest BCUT2D eigenvalue weighted by Gasteiger charge is 2.28. The summed E-state index contributed by atoms with van der Waals surface area (Å²) in [7, 11) is 1.64. The topological polar surface area (TPSA) is 21.3 Å². The minimum absolute atomic E-state index is 0.190. The van der Waals surface area contributed by atoms with Crippen molar-refractivity contribution in [3.8, 4) is 5.75 Å². The smallest absolute Gasteiger partial charge is 0.123 e. The van der Waals surface area contributed by atoms with Crippen LogP contribution in [0.25, 0.3) is 0 Å². The molecule has 1 aliphatic heterocycles. The fourth-order valence-corrected chi connectivity index (χ4v) is 3.81. The Bertz CT molecular complexity index is 393. The van der Waals surface area contributed by atoms with E-state index in [0.717, 1.165) is 23.6 Å². The molecule has 4 heteroatoms. The van der Waals surface area contributed by atoms with Crippen LogP contribution in [0.4, 0.5) is 4.39 Å². The summed E-state index contributed by atoms with van der Waals surface area (Å²) >= 11 is 1.97. The Morgan fingerprint density at radius 3 is 3.00 bits per heavy atom. The van der Waals surface area contributed by atoms with Crippen LogP contribution >= 0.6 is 11.8 Å². The number of thioether (sulfide) groups is 1. The average molecular weight is 269 g/mol. The van der Waals surface area contributed by atoms with Gasteiger partial charge in [0.1, 0.15) is 11.6 Å². The van der Waals surface area contributed by atoms with E-state index in [1.165, 1.54) is 18.2 Å². The third-order valence-electron chi connectivity index (χ3n) is 3.39. The molecule has 100 valence electrons. The molecule has 0 aromatic heterocycles. The van der Waals surface area contributed by atoms with Crippen LogP contribution in [0.1, 0.15) is 24.9 Å². The first-order chi connectivity index (χ1) is 8.76. The number of ether oxygens (including phenoxy) is 1. The lowest BCUT2D eigenvalue weighted by molar-refractivity contribution is 0.363. The summed E-state index contributed by atoms with van der Waals surface area (Å²) in [6.07, 6.45) is 1.18. The molecule has 18 heavy (non-hydrogen) atoms. The Morgan fingerprint density at radius 1 is 1.56 bits per heavy atom. The molecule has 1 aromatic rings. The van der Waals surface area contributed by atoms with Gasteiger partial charge in [0.15, 0.2) is 0 Å². The molecule has 1 saturated heterocycles. The zero-order chi connectivity index (χ0) is 13.0.